The summed E-state index contributed by atoms with van der Waals surface area (Å²) in [4.78, 5) is 0. The summed E-state index contributed by atoms with van der Waals surface area (Å²) in [7, 11) is 0. The number of hydrogen-bond donors (Lipinski definition) is 0. The van der Waals surface area contributed by atoms with E-state index >= 15 is 0 Å². The molecule has 78 valence electrons. The van der Waals surface area contributed by atoms with Crippen LogP contribution < -0.4 is 0 Å². The van der Waals surface area contributed by atoms with Crippen molar-refractivity contribution in [1.29, 1.82) is 0 Å². The summed E-state index contributed by atoms with van der Waals surface area (Å²) in [6.45, 7) is 8.90. The van der Waals surface area contributed by atoms with Gasteiger partial charge in [-0.05, 0) is 32.3 Å². The summed E-state index contributed by atoms with van der Waals surface area (Å²) in [5.74, 6) is 0. The lowest BCUT2D eigenvalue weighted by atomic mass is 9.68. The molecule has 2 rings (SSSR count). The van der Waals surface area contributed by atoms with Crippen LogP contribution in [0, 0.1) is 5.41 Å². The Kier molecular flexibility index (Phi) is 2.11. The fourth-order valence-corrected chi connectivity index (χ4v) is 2.98. The van der Waals surface area contributed by atoms with Crippen LogP contribution in [0.5, 0.6) is 0 Å². The number of ether oxygens (including phenoxy) is 1. The molecule has 0 N–H and O–H groups in total. The third-order valence-corrected chi connectivity index (χ3v) is 3.81. The zero-order valence-corrected chi connectivity index (χ0v) is 9.63. The van der Waals surface area contributed by atoms with Crippen molar-refractivity contribution < 1.29 is 4.74 Å². The van der Waals surface area contributed by atoms with Crippen molar-refractivity contribution in [1.82, 2.24) is 0 Å². The predicted molar refractivity (Wildman–Crippen MR) is 59.2 cm³/mol. The smallest absolute Gasteiger partial charge is 0.0877 e. The van der Waals surface area contributed by atoms with E-state index in [1.165, 1.54) is 18.4 Å². The second kappa shape index (κ2) is 2.96. The van der Waals surface area contributed by atoms with Crippen LogP contribution >= 0.6 is 0 Å². The lowest BCUT2D eigenvalue weighted by Crippen LogP contribution is -2.32. The fourth-order valence-electron chi connectivity index (χ4n) is 2.98. The normalized spacial score (nSPS) is 42.9. The zero-order chi connectivity index (χ0) is 10.4. The van der Waals surface area contributed by atoms with Gasteiger partial charge in [-0.1, -0.05) is 32.1 Å². The van der Waals surface area contributed by atoms with Gasteiger partial charge in [0.25, 0.3) is 0 Å². The maximum atomic E-state index is 6.08. The topological polar surface area (TPSA) is 9.23 Å². The molecule has 0 aromatic rings. The quantitative estimate of drug-likeness (QED) is 0.618. The van der Waals surface area contributed by atoms with Crippen molar-refractivity contribution in [2.24, 2.45) is 5.41 Å². The van der Waals surface area contributed by atoms with Gasteiger partial charge in [-0.2, -0.15) is 0 Å². The van der Waals surface area contributed by atoms with Gasteiger partial charge in [0.2, 0.25) is 0 Å². The molecule has 1 heteroatoms. The Morgan fingerprint density at radius 3 is 2.57 bits per heavy atom. The minimum Gasteiger partial charge on any atom is -0.367 e. The van der Waals surface area contributed by atoms with Gasteiger partial charge in [-0.25, -0.2) is 0 Å². The summed E-state index contributed by atoms with van der Waals surface area (Å²) in [6, 6.07) is 0. The summed E-state index contributed by atoms with van der Waals surface area (Å²) in [5, 5.41) is 0. The molecule has 2 aliphatic rings. The van der Waals surface area contributed by atoms with Crippen LogP contribution in [0.4, 0.5) is 0 Å². The Hall–Kier alpha value is -0.560. The van der Waals surface area contributed by atoms with Gasteiger partial charge < -0.3 is 4.74 Å². The minimum absolute atomic E-state index is 0.0215. The van der Waals surface area contributed by atoms with Gasteiger partial charge in [0.1, 0.15) is 0 Å². The van der Waals surface area contributed by atoms with E-state index in [0.717, 1.165) is 0 Å². The van der Waals surface area contributed by atoms with Crippen molar-refractivity contribution in [3.05, 3.63) is 23.8 Å². The Bertz CT molecular complexity index is 292. The van der Waals surface area contributed by atoms with Crippen LogP contribution in [0.15, 0.2) is 23.8 Å². The van der Waals surface area contributed by atoms with Crippen molar-refractivity contribution >= 4 is 0 Å². The molecule has 2 atom stereocenters. The molecule has 0 saturated carbocycles. The molecule has 2 saturated heterocycles. The first-order chi connectivity index (χ1) is 6.50. The molecule has 0 radical (unpaired) electrons. The van der Waals surface area contributed by atoms with Crippen molar-refractivity contribution in [3.63, 3.8) is 0 Å². The predicted octanol–water partition coefficient (Wildman–Crippen LogP) is 3.47. The lowest BCUT2D eigenvalue weighted by molar-refractivity contribution is 0.0232. The van der Waals surface area contributed by atoms with Gasteiger partial charge in [-0.3, -0.25) is 0 Å². The first kappa shape index (κ1) is 9.97. The van der Waals surface area contributed by atoms with E-state index in [1.54, 1.807) is 0 Å². The summed E-state index contributed by atoms with van der Waals surface area (Å²) < 4.78 is 6.08. The maximum Gasteiger partial charge on any atom is 0.0877 e. The molecule has 2 aliphatic heterocycles. The van der Waals surface area contributed by atoms with E-state index in [4.69, 9.17) is 4.74 Å². The molecule has 0 aromatic heterocycles. The monoisotopic (exact) mass is 192 g/mol. The second-order valence-electron chi connectivity index (χ2n) is 5.20. The molecule has 0 aliphatic carbocycles. The van der Waals surface area contributed by atoms with Crippen LogP contribution in [0.2, 0.25) is 0 Å². The highest BCUT2D eigenvalue weighted by Gasteiger charge is 2.56. The third-order valence-electron chi connectivity index (χ3n) is 3.81. The van der Waals surface area contributed by atoms with Gasteiger partial charge in [0, 0.05) is 5.41 Å². The first-order valence-corrected chi connectivity index (χ1v) is 5.52. The zero-order valence-electron chi connectivity index (χ0n) is 9.63. The van der Waals surface area contributed by atoms with E-state index in [2.05, 4.69) is 45.9 Å². The van der Waals surface area contributed by atoms with Crippen LogP contribution in [-0.4, -0.2) is 11.7 Å². The van der Waals surface area contributed by atoms with Gasteiger partial charge in [0.05, 0.1) is 11.7 Å². The molecule has 0 spiro atoms. The molecule has 2 heterocycles. The standard InChI is InChI=1S/C13H20O/c1-5-6-7-10-12(2,3)11-8-9-13(10,4)14-11/h5-7,11H,8-9H2,1-4H3/b6-5+,10-7-/t11-,13+/m1/s1. The fraction of sp³-hybridized carbons (Fsp3) is 0.692. The largest absolute Gasteiger partial charge is 0.367 e. The van der Waals surface area contributed by atoms with Crippen molar-refractivity contribution in [2.45, 2.75) is 52.2 Å². The number of allylic oxidation sites excluding steroid dienone is 3. The molecule has 1 nitrogen and oxygen atoms in total. The summed E-state index contributed by atoms with van der Waals surface area (Å²) in [5.41, 5.74) is 1.72. The van der Waals surface area contributed by atoms with Gasteiger partial charge >= 0.3 is 0 Å². The summed E-state index contributed by atoms with van der Waals surface area (Å²) >= 11 is 0. The molecule has 0 amide bonds. The Morgan fingerprint density at radius 1 is 1.36 bits per heavy atom. The molecule has 0 unspecified atom stereocenters. The molecular weight excluding hydrogens is 172 g/mol. The van der Waals surface area contributed by atoms with Crippen molar-refractivity contribution in [3.8, 4) is 0 Å². The number of fused-ring (bicyclic) bond motifs is 2. The van der Waals surface area contributed by atoms with Crippen LogP contribution in [0.3, 0.4) is 0 Å². The SMILES string of the molecule is C/C=C/C=C1/C(C)(C)[C@H]2CC[C@]1(C)O2. The molecule has 14 heavy (non-hydrogen) atoms. The third kappa shape index (κ3) is 1.18. The minimum atomic E-state index is 0.0215. The van der Waals surface area contributed by atoms with Gasteiger partial charge in [-0.15, -0.1) is 0 Å². The van der Waals surface area contributed by atoms with E-state index in [1.807, 2.05) is 0 Å². The number of hydrogen-bond acceptors (Lipinski definition) is 1. The van der Waals surface area contributed by atoms with Gasteiger partial charge in [0.15, 0.2) is 0 Å². The van der Waals surface area contributed by atoms with Crippen LogP contribution in [0.25, 0.3) is 0 Å². The molecule has 0 aromatic carbocycles. The highest BCUT2D eigenvalue weighted by atomic mass is 16.5. The Balaban J connectivity index is 2.39. The lowest BCUT2D eigenvalue weighted by Gasteiger charge is -2.32. The number of rotatable bonds is 1. The second-order valence-corrected chi connectivity index (χ2v) is 5.20. The van der Waals surface area contributed by atoms with E-state index in [9.17, 15) is 0 Å². The van der Waals surface area contributed by atoms with E-state index in [0.29, 0.717) is 6.10 Å². The van der Waals surface area contributed by atoms with E-state index in [-0.39, 0.29) is 11.0 Å². The Labute approximate surface area is 86.8 Å². The maximum absolute atomic E-state index is 6.08. The molecule has 2 fully saturated rings. The van der Waals surface area contributed by atoms with E-state index < -0.39 is 0 Å². The average molecular weight is 192 g/mol. The van der Waals surface area contributed by atoms with Crippen LogP contribution in [-0.2, 0) is 4.74 Å². The highest BCUT2D eigenvalue weighted by molar-refractivity contribution is 5.35. The Morgan fingerprint density at radius 2 is 2.07 bits per heavy atom. The molecule has 2 bridgehead atoms. The first-order valence-electron chi connectivity index (χ1n) is 5.52. The molecular formula is C13H20O. The summed E-state index contributed by atoms with van der Waals surface area (Å²) in [6.07, 6.45) is 9.30. The van der Waals surface area contributed by atoms with Crippen molar-refractivity contribution in [2.75, 3.05) is 0 Å². The average Bonchev–Trinajstić information content (AvgIpc) is 2.55. The van der Waals surface area contributed by atoms with Crippen LogP contribution in [0.1, 0.15) is 40.5 Å². The highest BCUT2D eigenvalue weighted by Crippen LogP contribution is 2.57.